The molecule has 0 radical (unpaired) electrons. The molecule has 0 bridgehead atoms. The molecule has 5 nitrogen and oxygen atoms in total. The van der Waals surface area contributed by atoms with E-state index >= 15 is 0 Å². The number of ether oxygens (including phenoxy) is 1. The molecule has 3 rings (SSSR count). The molecule has 154 valence electrons. The standard InChI is InChI=1S/C23H28NO4P/c1-3-21-17-23(21,24-22(25)27-18-20-13-9-6-10-14-20)29(26,28-4-2)16-15-19-11-7-5-8-12-19/h3,5-14,21H,1,4,15-18H2,2H3,(H,24,25)/t21-,23+,29?/m1/s1. The Bertz CT molecular complexity index is 871. The summed E-state index contributed by atoms with van der Waals surface area (Å²) in [5.41, 5.74) is 1.98. The molecule has 1 amide bonds. The van der Waals surface area contributed by atoms with E-state index in [1.807, 2.05) is 67.6 Å². The predicted octanol–water partition coefficient (Wildman–Crippen LogP) is 5.37. The Labute approximate surface area is 172 Å². The predicted molar refractivity (Wildman–Crippen MR) is 115 cm³/mol. The number of benzene rings is 2. The molecular formula is C23H28NO4P. The fourth-order valence-electron chi connectivity index (χ4n) is 3.62. The van der Waals surface area contributed by atoms with Crippen molar-refractivity contribution < 1.29 is 18.6 Å². The number of aryl methyl sites for hydroxylation is 1. The highest BCUT2D eigenvalue weighted by molar-refractivity contribution is 7.61. The summed E-state index contributed by atoms with van der Waals surface area (Å²) in [5.74, 6) is -0.0973. The van der Waals surface area contributed by atoms with E-state index in [2.05, 4.69) is 11.9 Å². The van der Waals surface area contributed by atoms with Crippen molar-refractivity contribution in [3.63, 3.8) is 0 Å². The number of alkyl carbamates (subject to hydrolysis) is 1. The summed E-state index contributed by atoms with van der Waals surface area (Å²) in [6.45, 7) is 6.14. The summed E-state index contributed by atoms with van der Waals surface area (Å²) in [6, 6.07) is 19.3. The zero-order valence-corrected chi connectivity index (χ0v) is 17.6. The van der Waals surface area contributed by atoms with E-state index in [9.17, 15) is 9.36 Å². The van der Waals surface area contributed by atoms with E-state index in [-0.39, 0.29) is 12.5 Å². The Morgan fingerprint density at radius 2 is 1.79 bits per heavy atom. The van der Waals surface area contributed by atoms with Crippen LogP contribution in [0.2, 0.25) is 0 Å². The van der Waals surface area contributed by atoms with Crippen molar-refractivity contribution in [2.45, 2.75) is 31.7 Å². The Kier molecular flexibility index (Phi) is 6.94. The lowest BCUT2D eigenvalue weighted by atomic mass is 10.2. The second-order valence-electron chi connectivity index (χ2n) is 7.21. The first-order valence-corrected chi connectivity index (χ1v) is 11.7. The van der Waals surface area contributed by atoms with Gasteiger partial charge in [0.1, 0.15) is 11.9 Å². The van der Waals surface area contributed by atoms with Crippen LogP contribution in [0.3, 0.4) is 0 Å². The summed E-state index contributed by atoms with van der Waals surface area (Å²) in [7, 11) is -3.18. The highest BCUT2D eigenvalue weighted by atomic mass is 31.2. The number of carbonyl (C=O) groups is 1. The maximum absolute atomic E-state index is 13.9. The van der Waals surface area contributed by atoms with Crippen LogP contribution in [-0.2, 0) is 26.9 Å². The molecule has 0 saturated heterocycles. The number of rotatable bonds is 10. The Hall–Kier alpha value is -2.36. The lowest BCUT2D eigenvalue weighted by Crippen LogP contribution is -2.40. The van der Waals surface area contributed by atoms with Gasteiger partial charge in [-0.05, 0) is 30.9 Å². The van der Waals surface area contributed by atoms with Crippen molar-refractivity contribution in [2.75, 3.05) is 12.8 Å². The average molecular weight is 413 g/mol. The molecule has 1 aliphatic rings. The van der Waals surface area contributed by atoms with Crippen LogP contribution in [-0.4, -0.2) is 24.1 Å². The molecule has 1 unspecified atom stereocenters. The molecule has 2 aromatic carbocycles. The van der Waals surface area contributed by atoms with E-state index in [1.54, 1.807) is 6.08 Å². The minimum absolute atomic E-state index is 0.0973. The molecule has 1 saturated carbocycles. The van der Waals surface area contributed by atoms with E-state index in [4.69, 9.17) is 9.26 Å². The molecule has 1 fully saturated rings. The molecular weight excluding hydrogens is 385 g/mol. The van der Waals surface area contributed by atoms with Crippen molar-refractivity contribution in [1.82, 2.24) is 5.32 Å². The van der Waals surface area contributed by atoms with Gasteiger partial charge in [-0.25, -0.2) is 4.79 Å². The Balaban J connectivity index is 1.71. The zero-order chi connectivity index (χ0) is 20.7. The number of amides is 1. The van der Waals surface area contributed by atoms with Crippen molar-refractivity contribution in [1.29, 1.82) is 0 Å². The van der Waals surface area contributed by atoms with E-state index in [0.29, 0.717) is 25.6 Å². The van der Waals surface area contributed by atoms with E-state index in [1.165, 1.54) is 0 Å². The molecule has 0 aliphatic heterocycles. The fourth-order valence-corrected chi connectivity index (χ4v) is 6.70. The van der Waals surface area contributed by atoms with Crippen LogP contribution in [0.4, 0.5) is 4.79 Å². The van der Waals surface area contributed by atoms with Gasteiger partial charge in [0.05, 0.1) is 6.61 Å². The van der Waals surface area contributed by atoms with Crippen molar-refractivity contribution in [2.24, 2.45) is 5.92 Å². The van der Waals surface area contributed by atoms with Crippen LogP contribution < -0.4 is 5.32 Å². The van der Waals surface area contributed by atoms with Crippen LogP contribution in [0.1, 0.15) is 24.5 Å². The molecule has 0 aromatic heterocycles. The monoisotopic (exact) mass is 413 g/mol. The SMILES string of the molecule is C=C[C@@H]1C[C@]1(NC(=O)OCc1ccccc1)P(=O)(CCc1ccccc1)OCC. The quantitative estimate of drug-likeness (QED) is 0.420. The minimum Gasteiger partial charge on any atom is -0.445 e. The van der Waals surface area contributed by atoms with Gasteiger partial charge in [0.2, 0.25) is 7.37 Å². The van der Waals surface area contributed by atoms with Crippen LogP contribution in [0.5, 0.6) is 0 Å². The maximum Gasteiger partial charge on any atom is 0.408 e. The molecule has 6 heteroatoms. The van der Waals surface area contributed by atoms with Crippen LogP contribution in [0.15, 0.2) is 73.3 Å². The molecule has 1 aliphatic carbocycles. The van der Waals surface area contributed by atoms with Gasteiger partial charge in [-0.2, -0.15) is 0 Å². The van der Waals surface area contributed by atoms with Crippen molar-refractivity contribution in [3.05, 3.63) is 84.4 Å². The van der Waals surface area contributed by atoms with Crippen LogP contribution in [0.25, 0.3) is 0 Å². The molecule has 29 heavy (non-hydrogen) atoms. The van der Waals surface area contributed by atoms with Crippen molar-refractivity contribution in [3.8, 4) is 0 Å². The largest absolute Gasteiger partial charge is 0.445 e. The lowest BCUT2D eigenvalue weighted by Gasteiger charge is -2.29. The lowest BCUT2D eigenvalue weighted by molar-refractivity contribution is 0.136. The van der Waals surface area contributed by atoms with Gasteiger partial charge >= 0.3 is 6.09 Å². The average Bonchev–Trinajstić information content (AvgIpc) is 3.47. The molecule has 3 atom stereocenters. The van der Waals surface area contributed by atoms with E-state index < -0.39 is 18.7 Å². The summed E-state index contributed by atoms with van der Waals surface area (Å²) >= 11 is 0. The highest BCUT2D eigenvalue weighted by Crippen LogP contribution is 2.72. The van der Waals surface area contributed by atoms with Gasteiger partial charge < -0.3 is 14.6 Å². The third-order valence-electron chi connectivity index (χ3n) is 5.28. The molecule has 0 spiro atoms. The first kappa shape index (κ1) is 21.4. The Morgan fingerprint density at radius 3 is 2.34 bits per heavy atom. The number of nitrogens with one attached hydrogen (secondary N) is 1. The first-order chi connectivity index (χ1) is 14.0. The summed E-state index contributed by atoms with van der Waals surface area (Å²) < 4.78 is 25.1. The first-order valence-electron chi connectivity index (χ1n) is 9.92. The Morgan fingerprint density at radius 1 is 1.17 bits per heavy atom. The summed E-state index contributed by atoms with van der Waals surface area (Å²) in [4.78, 5) is 12.5. The van der Waals surface area contributed by atoms with Gasteiger partial charge in [-0.3, -0.25) is 4.57 Å². The second-order valence-corrected chi connectivity index (χ2v) is 10.1. The zero-order valence-electron chi connectivity index (χ0n) is 16.8. The van der Waals surface area contributed by atoms with E-state index in [0.717, 1.165) is 11.1 Å². The number of hydrogen-bond acceptors (Lipinski definition) is 4. The molecule has 2 aromatic rings. The number of carbonyl (C=O) groups excluding carboxylic acids is 1. The van der Waals surface area contributed by atoms with Crippen LogP contribution >= 0.6 is 7.37 Å². The molecule has 1 N–H and O–H groups in total. The third kappa shape index (κ3) is 4.98. The second kappa shape index (κ2) is 9.43. The van der Waals surface area contributed by atoms with Gasteiger partial charge in [-0.1, -0.05) is 66.7 Å². The third-order valence-corrected chi connectivity index (χ3v) is 8.61. The van der Waals surface area contributed by atoms with Gasteiger partial charge in [-0.15, -0.1) is 6.58 Å². The minimum atomic E-state index is -3.18. The number of hydrogen-bond donors (Lipinski definition) is 1. The summed E-state index contributed by atoms with van der Waals surface area (Å²) in [5, 5.41) is 1.94. The normalized spacial score (nSPS) is 22.3. The van der Waals surface area contributed by atoms with Crippen LogP contribution in [0, 0.1) is 5.92 Å². The smallest absolute Gasteiger partial charge is 0.408 e. The van der Waals surface area contributed by atoms with Gasteiger partial charge in [0.15, 0.2) is 0 Å². The molecule has 0 heterocycles. The van der Waals surface area contributed by atoms with Gasteiger partial charge in [0, 0.05) is 12.1 Å². The topological polar surface area (TPSA) is 64.6 Å². The highest BCUT2D eigenvalue weighted by Gasteiger charge is 2.66. The van der Waals surface area contributed by atoms with Crippen molar-refractivity contribution >= 4 is 13.5 Å². The maximum atomic E-state index is 13.9. The van der Waals surface area contributed by atoms with Gasteiger partial charge in [0.25, 0.3) is 0 Å². The summed E-state index contributed by atoms with van der Waals surface area (Å²) in [6.07, 6.45) is 2.67. The fraction of sp³-hybridized carbons (Fsp3) is 0.348.